The van der Waals surface area contributed by atoms with Gasteiger partial charge in [-0.15, -0.1) is 0 Å². The number of alkyl halides is 3. The van der Waals surface area contributed by atoms with Gasteiger partial charge in [0.15, 0.2) is 0 Å². The van der Waals surface area contributed by atoms with Crippen LogP contribution in [0.5, 0.6) is 0 Å². The molecule has 0 amide bonds. The van der Waals surface area contributed by atoms with Crippen LogP contribution in [0.4, 0.5) is 13.2 Å². The van der Waals surface area contributed by atoms with Crippen LogP contribution in [-0.2, 0) is 11.8 Å². The Labute approximate surface area is 99.4 Å². The van der Waals surface area contributed by atoms with Gasteiger partial charge in [-0.25, -0.2) is 0 Å². The van der Waals surface area contributed by atoms with Crippen LogP contribution in [0.2, 0.25) is 0 Å². The number of rotatable bonds is 1. The van der Waals surface area contributed by atoms with E-state index in [2.05, 4.69) is 15.9 Å². The molecule has 1 aromatic rings. The number of halogens is 4. The van der Waals surface area contributed by atoms with Crippen molar-refractivity contribution in [3.8, 4) is 0 Å². The second-order valence-corrected chi connectivity index (χ2v) is 5.13. The van der Waals surface area contributed by atoms with Crippen molar-refractivity contribution in [1.82, 2.24) is 0 Å². The summed E-state index contributed by atoms with van der Waals surface area (Å²) >= 11 is 3.01. The van der Waals surface area contributed by atoms with Crippen molar-refractivity contribution in [2.45, 2.75) is 25.1 Å². The van der Waals surface area contributed by atoms with Gasteiger partial charge in [0, 0.05) is 4.47 Å². The summed E-state index contributed by atoms with van der Waals surface area (Å²) in [5.74, 6) is -0.116. The van der Waals surface area contributed by atoms with E-state index in [0.29, 0.717) is 10.9 Å². The highest BCUT2D eigenvalue weighted by Crippen LogP contribution is 2.54. The zero-order valence-corrected chi connectivity index (χ0v) is 10.1. The highest BCUT2D eigenvalue weighted by Gasteiger charge is 2.54. The van der Waals surface area contributed by atoms with E-state index < -0.39 is 17.3 Å². The molecule has 2 atom stereocenters. The third kappa shape index (κ3) is 1.86. The third-order valence-electron chi connectivity index (χ3n) is 3.03. The van der Waals surface area contributed by atoms with Crippen molar-refractivity contribution >= 4 is 15.9 Å². The van der Waals surface area contributed by atoms with E-state index >= 15 is 0 Å². The van der Waals surface area contributed by atoms with Crippen molar-refractivity contribution < 1.29 is 18.3 Å². The van der Waals surface area contributed by atoms with E-state index in [9.17, 15) is 18.3 Å². The van der Waals surface area contributed by atoms with Crippen molar-refractivity contribution in [2.75, 3.05) is 0 Å². The molecule has 1 N–H and O–H groups in total. The zero-order valence-electron chi connectivity index (χ0n) is 8.48. The van der Waals surface area contributed by atoms with Crippen LogP contribution in [0.1, 0.15) is 24.5 Å². The van der Waals surface area contributed by atoms with E-state index in [0.717, 1.165) is 6.07 Å². The molecule has 5 heteroatoms. The fourth-order valence-corrected chi connectivity index (χ4v) is 2.27. The van der Waals surface area contributed by atoms with Crippen LogP contribution >= 0.6 is 15.9 Å². The van der Waals surface area contributed by atoms with Gasteiger partial charge in [-0.1, -0.05) is 28.9 Å². The van der Waals surface area contributed by atoms with Crippen molar-refractivity contribution in [1.29, 1.82) is 0 Å². The SMILES string of the molecule is CC1CC1(O)c1ccc(Br)cc1C(F)(F)F. The van der Waals surface area contributed by atoms with E-state index in [1.165, 1.54) is 12.1 Å². The molecule has 1 aliphatic rings. The predicted molar refractivity (Wildman–Crippen MR) is 56.8 cm³/mol. The summed E-state index contributed by atoms with van der Waals surface area (Å²) in [6.07, 6.45) is -4.05. The Morgan fingerprint density at radius 2 is 2.00 bits per heavy atom. The molecule has 1 aromatic carbocycles. The van der Waals surface area contributed by atoms with Crippen molar-refractivity contribution in [3.63, 3.8) is 0 Å². The van der Waals surface area contributed by atoms with Gasteiger partial charge in [-0.05, 0) is 30.0 Å². The first-order valence-corrected chi connectivity index (χ1v) is 5.64. The molecule has 0 aromatic heterocycles. The van der Waals surface area contributed by atoms with Gasteiger partial charge in [0.2, 0.25) is 0 Å². The van der Waals surface area contributed by atoms with Crippen LogP contribution in [0.3, 0.4) is 0 Å². The van der Waals surface area contributed by atoms with E-state index in [4.69, 9.17) is 0 Å². The summed E-state index contributed by atoms with van der Waals surface area (Å²) in [6.45, 7) is 1.74. The smallest absolute Gasteiger partial charge is 0.385 e. The highest BCUT2D eigenvalue weighted by molar-refractivity contribution is 9.10. The normalized spacial score (nSPS) is 29.2. The van der Waals surface area contributed by atoms with Gasteiger partial charge < -0.3 is 5.11 Å². The number of aliphatic hydroxyl groups is 1. The largest absolute Gasteiger partial charge is 0.416 e. The van der Waals surface area contributed by atoms with Crippen LogP contribution in [0.25, 0.3) is 0 Å². The molecule has 2 rings (SSSR count). The van der Waals surface area contributed by atoms with Gasteiger partial charge in [0.25, 0.3) is 0 Å². The van der Waals surface area contributed by atoms with Gasteiger partial charge in [-0.3, -0.25) is 0 Å². The second kappa shape index (κ2) is 3.47. The zero-order chi connectivity index (χ0) is 12.1. The summed E-state index contributed by atoms with van der Waals surface area (Å²) in [5.41, 5.74) is -2.07. The fourth-order valence-electron chi connectivity index (χ4n) is 1.91. The Balaban J connectivity index is 2.54. The Hall–Kier alpha value is -0.550. The Kier molecular flexibility index (Phi) is 2.58. The molecule has 1 aliphatic carbocycles. The minimum absolute atomic E-state index is 0.0179. The Bertz CT molecular complexity index is 430. The number of hydrogen-bond acceptors (Lipinski definition) is 1. The van der Waals surface area contributed by atoms with E-state index in [-0.39, 0.29) is 11.5 Å². The van der Waals surface area contributed by atoms with Crippen LogP contribution < -0.4 is 0 Å². The predicted octanol–water partition coefficient (Wildman–Crippen LogP) is 3.70. The lowest BCUT2D eigenvalue weighted by atomic mass is 9.99. The van der Waals surface area contributed by atoms with E-state index in [1.54, 1.807) is 6.92 Å². The molecule has 1 saturated carbocycles. The number of hydrogen-bond donors (Lipinski definition) is 1. The molecule has 1 fully saturated rings. The third-order valence-corrected chi connectivity index (χ3v) is 3.52. The van der Waals surface area contributed by atoms with Crippen LogP contribution in [-0.4, -0.2) is 5.11 Å². The van der Waals surface area contributed by atoms with Gasteiger partial charge in [-0.2, -0.15) is 13.2 Å². The maximum absolute atomic E-state index is 12.8. The van der Waals surface area contributed by atoms with E-state index in [1.807, 2.05) is 0 Å². The highest BCUT2D eigenvalue weighted by atomic mass is 79.9. The average Bonchev–Trinajstić information content (AvgIpc) is 2.74. The number of benzene rings is 1. The van der Waals surface area contributed by atoms with Crippen molar-refractivity contribution in [2.24, 2.45) is 5.92 Å². The Morgan fingerprint density at radius 1 is 1.44 bits per heavy atom. The maximum Gasteiger partial charge on any atom is 0.416 e. The molecule has 0 saturated heterocycles. The first-order valence-electron chi connectivity index (χ1n) is 4.85. The molecule has 0 heterocycles. The lowest BCUT2D eigenvalue weighted by molar-refractivity contribution is -0.139. The molecule has 0 bridgehead atoms. The summed E-state index contributed by atoms with van der Waals surface area (Å²) < 4.78 is 38.7. The minimum atomic E-state index is -4.43. The monoisotopic (exact) mass is 294 g/mol. The van der Waals surface area contributed by atoms with Gasteiger partial charge in [0.1, 0.15) is 0 Å². The topological polar surface area (TPSA) is 20.2 Å². The molecule has 1 nitrogen and oxygen atoms in total. The fraction of sp³-hybridized carbons (Fsp3) is 0.455. The molecule has 16 heavy (non-hydrogen) atoms. The van der Waals surface area contributed by atoms with Crippen molar-refractivity contribution in [3.05, 3.63) is 33.8 Å². The van der Waals surface area contributed by atoms with Crippen LogP contribution in [0.15, 0.2) is 22.7 Å². The maximum atomic E-state index is 12.8. The molecule has 0 radical (unpaired) electrons. The summed E-state index contributed by atoms with van der Waals surface area (Å²) in [6, 6.07) is 3.88. The Morgan fingerprint density at radius 3 is 2.44 bits per heavy atom. The second-order valence-electron chi connectivity index (χ2n) is 4.22. The molecule has 2 unspecified atom stereocenters. The molecular weight excluding hydrogens is 285 g/mol. The molecule has 0 spiro atoms. The summed E-state index contributed by atoms with van der Waals surface area (Å²) in [5, 5.41) is 9.99. The molecular formula is C11H10BrF3O. The quantitative estimate of drug-likeness (QED) is 0.837. The van der Waals surface area contributed by atoms with Crippen LogP contribution in [0, 0.1) is 5.92 Å². The lowest BCUT2D eigenvalue weighted by Gasteiger charge is -2.17. The van der Waals surface area contributed by atoms with Gasteiger partial charge >= 0.3 is 6.18 Å². The molecule has 88 valence electrons. The standard InChI is InChI=1S/C11H10BrF3O/c1-6-5-10(6,16)8-3-2-7(12)4-9(8)11(13,14)15/h2-4,6,16H,5H2,1H3. The lowest BCUT2D eigenvalue weighted by Crippen LogP contribution is -2.17. The first-order chi connectivity index (χ1) is 7.25. The minimum Gasteiger partial charge on any atom is -0.385 e. The average molecular weight is 295 g/mol. The first kappa shape index (κ1) is 11.9. The summed E-state index contributed by atoms with van der Waals surface area (Å²) in [4.78, 5) is 0. The summed E-state index contributed by atoms with van der Waals surface area (Å²) in [7, 11) is 0. The molecule has 0 aliphatic heterocycles. The van der Waals surface area contributed by atoms with Gasteiger partial charge in [0.05, 0.1) is 11.2 Å².